The molecule has 2 heterocycles. The van der Waals surface area contributed by atoms with Crippen LogP contribution in [-0.4, -0.2) is 59.5 Å². The van der Waals surface area contributed by atoms with Gasteiger partial charge in [0.25, 0.3) is 0 Å². The van der Waals surface area contributed by atoms with Crippen molar-refractivity contribution < 1.29 is 42.9 Å². The zero-order chi connectivity index (χ0) is 33.1. The maximum atomic E-state index is 12.5. The largest absolute Gasteiger partial charge is 0.463 e. The summed E-state index contributed by atoms with van der Waals surface area (Å²) in [5.41, 5.74) is 3.52. The molecule has 11 nitrogen and oxygen atoms in total. The molecule has 0 N–H and O–H groups in total. The molecule has 5 rings (SSSR count). The van der Waals surface area contributed by atoms with Gasteiger partial charge in [-0.05, 0) is 47.6 Å². The van der Waals surface area contributed by atoms with Gasteiger partial charge in [-0.25, -0.2) is 0 Å². The van der Waals surface area contributed by atoms with E-state index >= 15 is 0 Å². The van der Waals surface area contributed by atoms with E-state index in [4.69, 9.17) is 35.9 Å². The number of carbonyl (C=O) groups is 4. The lowest BCUT2D eigenvalue weighted by Gasteiger charge is -2.46. The first kappa shape index (κ1) is 32.8. The number of hydrogen-bond acceptors (Lipinski definition) is 11. The Bertz CT molecular complexity index is 1810. The summed E-state index contributed by atoms with van der Waals surface area (Å²) in [7, 11) is 0. The highest BCUT2D eigenvalue weighted by molar-refractivity contribution is 7.71. The van der Waals surface area contributed by atoms with Crippen molar-refractivity contribution >= 4 is 46.9 Å². The average molecular weight is 647 g/mol. The number of aromatic nitrogens is 1. The standard InChI is InChI=1S/C34H34N2O9S/c1-18(37)41-17-28-30(42-19(2)38)31(43-20(3)39)32(44-21(4)40)33(45-28)36-27-15-8-7-13-25(27)29(26(16-35)34(36)46)24-14-9-11-22-10-5-6-12-23(22)24/h5-6,9-12,14,28,30-33H,7-8,13,15,17H2,1-4H3/t28-,30-,31+,32-,33-/m1/s1. The molecular formula is C34H34N2O9S. The summed E-state index contributed by atoms with van der Waals surface area (Å²) in [6.07, 6.45) is -3.54. The van der Waals surface area contributed by atoms with E-state index in [1.165, 1.54) is 27.7 Å². The van der Waals surface area contributed by atoms with Crippen molar-refractivity contribution in [1.82, 2.24) is 4.57 Å². The fraction of sp³-hybridized carbons (Fsp3) is 0.412. The monoisotopic (exact) mass is 646 g/mol. The highest BCUT2D eigenvalue weighted by Gasteiger charge is 2.53. The van der Waals surface area contributed by atoms with Gasteiger partial charge in [0.1, 0.15) is 23.4 Å². The number of fused-ring (bicyclic) bond motifs is 2. The van der Waals surface area contributed by atoms with Gasteiger partial charge in [-0.2, -0.15) is 5.26 Å². The highest BCUT2D eigenvalue weighted by Crippen LogP contribution is 2.42. The van der Waals surface area contributed by atoms with Gasteiger partial charge in [-0.1, -0.05) is 54.7 Å². The average Bonchev–Trinajstić information content (AvgIpc) is 3.01. The molecule has 5 atom stereocenters. The van der Waals surface area contributed by atoms with Crippen molar-refractivity contribution in [1.29, 1.82) is 5.26 Å². The number of carbonyl (C=O) groups excluding carboxylic acids is 4. The van der Waals surface area contributed by atoms with Crippen molar-refractivity contribution in [3.8, 4) is 17.2 Å². The molecule has 1 aromatic heterocycles. The van der Waals surface area contributed by atoms with Gasteiger partial charge < -0.3 is 28.3 Å². The SMILES string of the molecule is CC(=O)OC[C@H]1O[C@@H](n2c3c(c(-c4cccc5ccccc45)c(C#N)c2=S)CCCC3)[C@H](OC(C)=O)[C@@H](OC(C)=O)[C@@H]1OC(C)=O. The molecule has 0 unspecified atom stereocenters. The van der Waals surface area contributed by atoms with Gasteiger partial charge in [-0.3, -0.25) is 19.2 Å². The second kappa shape index (κ2) is 13.8. The molecule has 2 aromatic carbocycles. The van der Waals surface area contributed by atoms with E-state index in [2.05, 4.69) is 6.07 Å². The Balaban J connectivity index is 1.78. The molecule has 0 bridgehead atoms. The number of ether oxygens (including phenoxy) is 5. The van der Waals surface area contributed by atoms with Gasteiger partial charge in [0.15, 0.2) is 24.5 Å². The van der Waals surface area contributed by atoms with Crippen LogP contribution in [0.5, 0.6) is 0 Å². The molecule has 1 saturated heterocycles. The Morgan fingerprint density at radius 1 is 0.870 bits per heavy atom. The minimum absolute atomic E-state index is 0.131. The van der Waals surface area contributed by atoms with Gasteiger partial charge >= 0.3 is 23.9 Å². The third-order valence-electron chi connectivity index (χ3n) is 8.11. The third-order valence-corrected chi connectivity index (χ3v) is 8.51. The molecule has 0 radical (unpaired) electrons. The topological polar surface area (TPSA) is 143 Å². The number of nitriles is 1. The summed E-state index contributed by atoms with van der Waals surface area (Å²) in [4.78, 5) is 49.0. The third kappa shape index (κ3) is 6.52. The second-order valence-electron chi connectivity index (χ2n) is 11.3. The van der Waals surface area contributed by atoms with E-state index in [0.29, 0.717) is 12.8 Å². The Morgan fingerprint density at radius 2 is 1.50 bits per heavy atom. The molecule has 3 aromatic rings. The van der Waals surface area contributed by atoms with E-state index in [1.54, 1.807) is 4.57 Å². The summed E-state index contributed by atoms with van der Waals surface area (Å²) in [6.45, 7) is 4.36. The number of rotatable bonds is 7. The highest BCUT2D eigenvalue weighted by atomic mass is 32.1. The lowest BCUT2D eigenvalue weighted by Crippen LogP contribution is -2.61. The molecule has 2 aliphatic rings. The van der Waals surface area contributed by atoms with E-state index in [-0.39, 0.29) is 16.8 Å². The van der Waals surface area contributed by atoms with Gasteiger partial charge in [-0.15, -0.1) is 0 Å². The summed E-state index contributed by atoms with van der Waals surface area (Å²) < 4.78 is 30.5. The molecule has 12 heteroatoms. The number of hydrogen-bond donors (Lipinski definition) is 0. The Morgan fingerprint density at radius 3 is 2.17 bits per heavy atom. The van der Waals surface area contributed by atoms with Crippen molar-refractivity contribution in [3.05, 3.63) is 63.9 Å². The van der Waals surface area contributed by atoms with E-state index in [0.717, 1.165) is 46.0 Å². The second-order valence-corrected chi connectivity index (χ2v) is 11.7. The van der Waals surface area contributed by atoms with E-state index < -0.39 is 54.5 Å². The Kier molecular flexibility index (Phi) is 9.84. The van der Waals surface area contributed by atoms with Crippen LogP contribution in [0.4, 0.5) is 0 Å². The summed E-state index contributed by atoms with van der Waals surface area (Å²) in [5.74, 6) is -2.79. The van der Waals surface area contributed by atoms with Crippen LogP contribution in [0.25, 0.3) is 21.9 Å². The molecular weight excluding hydrogens is 612 g/mol. The first-order chi connectivity index (χ1) is 22.0. The molecule has 0 spiro atoms. The summed E-state index contributed by atoms with van der Waals surface area (Å²) in [5, 5.41) is 12.6. The Labute approximate surface area is 270 Å². The maximum Gasteiger partial charge on any atom is 0.303 e. The van der Waals surface area contributed by atoms with Crippen LogP contribution in [0.2, 0.25) is 0 Å². The molecule has 1 fully saturated rings. The van der Waals surface area contributed by atoms with Crippen LogP contribution in [0.3, 0.4) is 0 Å². The van der Waals surface area contributed by atoms with E-state index in [1.807, 2.05) is 42.5 Å². The van der Waals surface area contributed by atoms with Crippen LogP contribution >= 0.6 is 12.2 Å². The molecule has 1 aliphatic carbocycles. The van der Waals surface area contributed by atoms with Crippen LogP contribution in [0.15, 0.2) is 42.5 Å². The first-order valence-corrected chi connectivity index (χ1v) is 15.4. The predicted octanol–water partition coefficient (Wildman–Crippen LogP) is 5.04. The fourth-order valence-electron chi connectivity index (χ4n) is 6.45. The molecule has 0 saturated carbocycles. The maximum absolute atomic E-state index is 12.5. The zero-order valence-electron chi connectivity index (χ0n) is 25.9. The summed E-state index contributed by atoms with van der Waals surface area (Å²) >= 11 is 6.05. The number of esters is 4. The minimum Gasteiger partial charge on any atom is -0.463 e. The van der Waals surface area contributed by atoms with Crippen molar-refractivity contribution in [3.63, 3.8) is 0 Å². The quantitative estimate of drug-likeness (QED) is 0.193. The van der Waals surface area contributed by atoms with Gasteiger partial charge in [0, 0.05) is 39.0 Å². The normalized spacial score (nSPS) is 22.2. The lowest BCUT2D eigenvalue weighted by molar-refractivity contribution is -0.269. The molecule has 46 heavy (non-hydrogen) atoms. The minimum atomic E-state index is -1.37. The number of nitrogens with zero attached hydrogens (tertiary/aromatic N) is 2. The fourth-order valence-corrected chi connectivity index (χ4v) is 6.81. The smallest absolute Gasteiger partial charge is 0.303 e. The first-order valence-electron chi connectivity index (χ1n) is 15.0. The van der Waals surface area contributed by atoms with Gasteiger partial charge in [0.05, 0.1) is 5.56 Å². The van der Waals surface area contributed by atoms with Crippen LogP contribution in [-0.2, 0) is 55.7 Å². The van der Waals surface area contributed by atoms with Crippen molar-refractivity contribution in [2.45, 2.75) is 84.0 Å². The van der Waals surface area contributed by atoms with Crippen molar-refractivity contribution in [2.75, 3.05) is 6.61 Å². The predicted molar refractivity (Wildman–Crippen MR) is 167 cm³/mol. The molecule has 240 valence electrons. The lowest BCUT2D eigenvalue weighted by atomic mass is 9.84. The zero-order valence-corrected chi connectivity index (χ0v) is 26.8. The van der Waals surface area contributed by atoms with Gasteiger partial charge in [0.2, 0.25) is 0 Å². The number of pyridine rings is 1. The summed E-state index contributed by atoms with van der Waals surface area (Å²) in [6, 6.07) is 16.2. The van der Waals surface area contributed by atoms with Crippen LogP contribution in [0.1, 0.15) is 63.6 Å². The van der Waals surface area contributed by atoms with Crippen molar-refractivity contribution in [2.24, 2.45) is 0 Å². The molecule has 0 amide bonds. The van der Waals surface area contributed by atoms with E-state index in [9.17, 15) is 24.4 Å². The van der Waals surface area contributed by atoms with Crippen LogP contribution in [0, 0.1) is 16.0 Å². The Hall–Kier alpha value is -4.60. The molecule has 1 aliphatic heterocycles. The van der Waals surface area contributed by atoms with Crippen LogP contribution < -0.4 is 0 Å². The number of benzene rings is 2.